The fraction of sp³-hybridized carbons (Fsp3) is 0.615. The third-order valence-electron chi connectivity index (χ3n) is 3.40. The van der Waals surface area contributed by atoms with Crippen LogP contribution in [0.5, 0.6) is 0 Å². The molecule has 0 saturated heterocycles. The maximum atomic E-state index is 12.2. The zero-order chi connectivity index (χ0) is 13.3. The van der Waals surface area contributed by atoms with E-state index in [-0.39, 0.29) is 11.9 Å². The minimum absolute atomic E-state index is 0.127. The molecule has 0 aliphatic heterocycles. The zero-order valence-corrected chi connectivity index (χ0v) is 11.7. The Kier molecular flexibility index (Phi) is 3.40. The number of aromatic nitrogens is 1. The summed E-state index contributed by atoms with van der Waals surface area (Å²) in [4.78, 5) is 16.5. The standard InChI is InChI=1S/C13H17N3OS/c1-8-4-13(5-8,7-14)12(17)16-10(3)11-15-9(2)6-18-11/h6,8,10H,4-5H2,1-3H3,(H,16,17). The van der Waals surface area contributed by atoms with Gasteiger partial charge in [0.15, 0.2) is 0 Å². The highest BCUT2D eigenvalue weighted by atomic mass is 32.1. The second kappa shape index (κ2) is 4.69. The van der Waals surface area contributed by atoms with Crippen molar-refractivity contribution in [2.75, 3.05) is 0 Å². The Labute approximate surface area is 111 Å². The summed E-state index contributed by atoms with van der Waals surface area (Å²) in [5.41, 5.74) is 0.156. The van der Waals surface area contributed by atoms with Gasteiger partial charge in [0.2, 0.25) is 5.91 Å². The van der Waals surface area contributed by atoms with Crippen LogP contribution < -0.4 is 5.32 Å². The second-order valence-corrected chi connectivity index (χ2v) is 6.12. The smallest absolute Gasteiger partial charge is 0.241 e. The third kappa shape index (κ3) is 2.25. The predicted octanol–water partition coefficient (Wildman–Crippen LogP) is 2.57. The summed E-state index contributed by atoms with van der Waals surface area (Å²) in [6.07, 6.45) is 1.33. The van der Waals surface area contributed by atoms with E-state index in [0.717, 1.165) is 10.7 Å². The number of hydrogen-bond donors (Lipinski definition) is 1. The van der Waals surface area contributed by atoms with E-state index in [1.54, 1.807) is 0 Å². The van der Waals surface area contributed by atoms with Crippen LogP contribution in [0.25, 0.3) is 0 Å². The zero-order valence-electron chi connectivity index (χ0n) is 10.9. The molecule has 1 amide bonds. The molecular weight excluding hydrogens is 246 g/mol. The van der Waals surface area contributed by atoms with E-state index >= 15 is 0 Å². The molecule has 0 bridgehead atoms. The van der Waals surface area contributed by atoms with Crippen LogP contribution in [-0.4, -0.2) is 10.9 Å². The van der Waals surface area contributed by atoms with Crippen LogP contribution in [0.4, 0.5) is 0 Å². The number of thiazole rings is 1. The number of aryl methyl sites for hydroxylation is 1. The molecule has 0 radical (unpaired) electrons. The van der Waals surface area contributed by atoms with Gasteiger partial charge in [-0.25, -0.2) is 4.98 Å². The van der Waals surface area contributed by atoms with Gasteiger partial charge < -0.3 is 5.32 Å². The molecule has 1 saturated carbocycles. The molecule has 1 aliphatic rings. The predicted molar refractivity (Wildman–Crippen MR) is 69.9 cm³/mol. The normalized spacial score (nSPS) is 28.0. The average Bonchev–Trinajstić information content (AvgIpc) is 2.71. The molecule has 1 unspecified atom stereocenters. The lowest BCUT2D eigenvalue weighted by Gasteiger charge is -2.39. The Morgan fingerprint density at radius 1 is 1.72 bits per heavy atom. The maximum absolute atomic E-state index is 12.2. The Morgan fingerprint density at radius 3 is 2.83 bits per heavy atom. The molecule has 96 valence electrons. The fourth-order valence-corrected chi connectivity index (χ4v) is 3.23. The van der Waals surface area contributed by atoms with Crippen molar-refractivity contribution >= 4 is 17.2 Å². The Morgan fingerprint density at radius 2 is 2.39 bits per heavy atom. The lowest BCUT2D eigenvalue weighted by atomic mass is 9.63. The van der Waals surface area contributed by atoms with Gasteiger partial charge in [-0.15, -0.1) is 11.3 Å². The van der Waals surface area contributed by atoms with Crippen molar-refractivity contribution in [1.29, 1.82) is 5.26 Å². The minimum Gasteiger partial charge on any atom is -0.346 e. The molecule has 0 spiro atoms. The Bertz CT molecular complexity index is 497. The molecule has 18 heavy (non-hydrogen) atoms. The van der Waals surface area contributed by atoms with Crippen molar-refractivity contribution in [3.8, 4) is 6.07 Å². The minimum atomic E-state index is -0.806. The molecule has 1 aliphatic carbocycles. The highest BCUT2D eigenvalue weighted by molar-refractivity contribution is 7.09. The molecule has 1 N–H and O–H groups in total. The van der Waals surface area contributed by atoms with Crippen LogP contribution in [0.2, 0.25) is 0 Å². The van der Waals surface area contributed by atoms with Crippen molar-refractivity contribution < 1.29 is 4.79 Å². The van der Waals surface area contributed by atoms with Crippen LogP contribution in [0.15, 0.2) is 5.38 Å². The summed E-state index contributed by atoms with van der Waals surface area (Å²) in [5, 5.41) is 15.0. The Hall–Kier alpha value is -1.41. The van der Waals surface area contributed by atoms with Crippen molar-refractivity contribution in [3.05, 3.63) is 16.1 Å². The summed E-state index contributed by atoms with van der Waals surface area (Å²) in [7, 11) is 0. The van der Waals surface area contributed by atoms with Gasteiger partial charge in [-0.3, -0.25) is 4.79 Å². The first kappa shape index (κ1) is 13.0. The van der Waals surface area contributed by atoms with E-state index in [4.69, 9.17) is 0 Å². The summed E-state index contributed by atoms with van der Waals surface area (Å²) in [6, 6.07) is 2.05. The van der Waals surface area contributed by atoms with Gasteiger partial charge >= 0.3 is 0 Å². The number of hydrogen-bond acceptors (Lipinski definition) is 4. The van der Waals surface area contributed by atoms with Crippen LogP contribution >= 0.6 is 11.3 Å². The van der Waals surface area contributed by atoms with Gasteiger partial charge in [-0.2, -0.15) is 5.26 Å². The van der Waals surface area contributed by atoms with E-state index in [1.165, 1.54) is 11.3 Å². The van der Waals surface area contributed by atoms with Crippen molar-refractivity contribution in [2.24, 2.45) is 11.3 Å². The molecule has 1 fully saturated rings. The molecule has 1 aromatic rings. The third-order valence-corrected chi connectivity index (χ3v) is 4.54. The monoisotopic (exact) mass is 263 g/mol. The highest BCUT2D eigenvalue weighted by Gasteiger charge is 2.49. The first-order valence-electron chi connectivity index (χ1n) is 6.11. The number of carbonyl (C=O) groups excluding carboxylic acids is 1. The number of carbonyl (C=O) groups is 1. The Balaban J connectivity index is 2.02. The van der Waals surface area contributed by atoms with E-state index in [1.807, 2.05) is 19.2 Å². The molecule has 1 aromatic heterocycles. The lowest BCUT2D eigenvalue weighted by Crippen LogP contribution is -2.48. The number of amides is 1. The molecule has 1 heterocycles. The molecule has 2 rings (SSSR count). The number of nitrogens with zero attached hydrogens (tertiary/aromatic N) is 2. The first-order valence-corrected chi connectivity index (χ1v) is 6.99. The van der Waals surface area contributed by atoms with Crippen LogP contribution in [0.3, 0.4) is 0 Å². The number of nitriles is 1. The van der Waals surface area contributed by atoms with Gasteiger partial charge in [0.1, 0.15) is 10.4 Å². The van der Waals surface area contributed by atoms with Crippen molar-refractivity contribution in [2.45, 2.75) is 39.7 Å². The van der Waals surface area contributed by atoms with E-state index in [2.05, 4.69) is 23.3 Å². The SMILES string of the molecule is Cc1csc(C(C)NC(=O)C2(C#N)CC(C)C2)n1. The fourth-order valence-electron chi connectivity index (χ4n) is 2.42. The van der Waals surface area contributed by atoms with Gasteiger partial charge in [-0.05, 0) is 32.6 Å². The topological polar surface area (TPSA) is 65.8 Å². The summed E-state index contributed by atoms with van der Waals surface area (Å²) >= 11 is 1.54. The maximum Gasteiger partial charge on any atom is 0.241 e. The van der Waals surface area contributed by atoms with Gasteiger partial charge in [0.05, 0.1) is 12.1 Å². The molecule has 4 nitrogen and oxygen atoms in total. The summed E-state index contributed by atoms with van der Waals surface area (Å²) < 4.78 is 0. The van der Waals surface area contributed by atoms with Gasteiger partial charge in [-0.1, -0.05) is 6.92 Å². The van der Waals surface area contributed by atoms with E-state index in [9.17, 15) is 10.1 Å². The largest absolute Gasteiger partial charge is 0.346 e. The quantitative estimate of drug-likeness (QED) is 0.911. The van der Waals surface area contributed by atoms with Gasteiger partial charge in [0.25, 0.3) is 0 Å². The molecule has 5 heteroatoms. The highest BCUT2D eigenvalue weighted by Crippen LogP contribution is 2.45. The van der Waals surface area contributed by atoms with Gasteiger partial charge in [0, 0.05) is 11.1 Å². The number of nitrogens with one attached hydrogen (secondary N) is 1. The molecule has 0 aromatic carbocycles. The van der Waals surface area contributed by atoms with E-state index < -0.39 is 5.41 Å². The van der Waals surface area contributed by atoms with Crippen LogP contribution in [0, 0.1) is 29.6 Å². The lowest BCUT2D eigenvalue weighted by molar-refractivity contribution is -0.134. The van der Waals surface area contributed by atoms with Crippen LogP contribution in [-0.2, 0) is 4.79 Å². The molecule has 1 atom stereocenters. The van der Waals surface area contributed by atoms with Crippen LogP contribution in [0.1, 0.15) is 43.4 Å². The average molecular weight is 263 g/mol. The summed E-state index contributed by atoms with van der Waals surface area (Å²) in [5.74, 6) is 0.316. The number of rotatable bonds is 3. The van der Waals surface area contributed by atoms with E-state index in [0.29, 0.717) is 18.8 Å². The second-order valence-electron chi connectivity index (χ2n) is 5.23. The first-order chi connectivity index (χ1) is 8.47. The summed E-state index contributed by atoms with van der Waals surface area (Å²) in [6.45, 7) is 5.90. The van der Waals surface area contributed by atoms with Crippen molar-refractivity contribution in [1.82, 2.24) is 10.3 Å². The molecular formula is C13H17N3OS. The van der Waals surface area contributed by atoms with Crippen molar-refractivity contribution in [3.63, 3.8) is 0 Å².